The smallest absolute Gasteiger partial charge is 0.208 e. The summed E-state index contributed by atoms with van der Waals surface area (Å²) in [6.07, 6.45) is 13.8. The molecule has 4 aliphatic rings. The van der Waals surface area contributed by atoms with Crippen molar-refractivity contribution < 1.29 is 14.4 Å². The Hall–Kier alpha value is -1.66. The van der Waals surface area contributed by atoms with Crippen LogP contribution in [0.2, 0.25) is 0 Å². The average Bonchev–Trinajstić information content (AvgIpc) is 3.35. The first-order chi connectivity index (χ1) is 14.9. The molecule has 0 bridgehead atoms. The second-order valence-electron chi connectivity index (χ2n) is 10.7. The van der Waals surface area contributed by atoms with Crippen LogP contribution in [-0.4, -0.2) is 28.5 Å². The number of hydrogen-bond acceptors (Lipinski definition) is 6. The van der Waals surface area contributed by atoms with Gasteiger partial charge in [-0.2, -0.15) is 0 Å². The first kappa shape index (κ1) is 21.2. The molecule has 3 unspecified atom stereocenters. The van der Waals surface area contributed by atoms with Crippen LogP contribution < -0.4 is 5.73 Å². The second kappa shape index (κ2) is 8.04. The molecule has 1 aromatic rings. The number of oxime groups is 1. The van der Waals surface area contributed by atoms with Gasteiger partial charge in [0.25, 0.3) is 0 Å². The number of allylic oxidation sites excluding steroid dienone is 2. The molecule has 4 aliphatic carbocycles. The van der Waals surface area contributed by atoms with Gasteiger partial charge in [0.05, 0.1) is 24.6 Å². The van der Waals surface area contributed by atoms with E-state index in [0.717, 1.165) is 42.6 Å². The number of oxazole rings is 1. The Morgan fingerprint density at radius 1 is 1.19 bits per heavy atom. The van der Waals surface area contributed by atoms with Gasteiger partial charge in [0.1, 0.15) is 12.4 Å². The lowest BCUT2D eigenvalue weighted by Gasteiger charge is -2.57. The summed E-state index contributed by atoms with van der Waals surface area (Å²) in [6, 6.07) is 0. The van der Waals surface area contributed by atoms with Crippen molar-refractivity contribution in [2.24, 2.45) is 39.5 Å². The van der Waals surface area contributed by atoms with Gasteiger partial charge in [-0.15, -0.1) is 0 Å². The van der Waals surface area contributed by atoms with Gasteiger partial charge in [-0.05, 0) is 86.0 Å². The van der Waals surface area contributed by atoms with Crippen LogP contribution in [0.3, 0.4) is 0 Å². The van der Waals surface area contributed by atoms with E-state index < -0.39 is 0 Å². The Morgan fingerprint density at radius 2 is 2.06 bits per heavy atom. The molecule has 1 heterocycles. The minimum absolute atomic E-state index is 0.0933. The molecular formula is C25H37N3O3. The number of nitrogens with two attached hydrogens (primary N) is 1. The maximum absolute atomic E-state index is 10.6. The van der Waals surface area contributed by atoms with Crippen molar-refractivity contribution in [3.05, 3.63) is 29.5 Å². The quantitative estimate of drug-likeness (QED) is 0.537. The van der Waals surface area contributed by atoms with Crippen molar-refractivity contribution >= 4 is 5.71 Å². The molecule has 0 amide bonds. The summed E-state index contributed by atoms with van der Waals surface area (Å²) in [5, 5.41) is 15.1. The van der Waals surface area contributed by atoms with Crippen molar-refractivity contribution in [1.29, 1.82) is 0 Å². The number of nitrogens with zero attached hydrogens (tertiary/aromatic N) is 2. The molecular weight excluding hydrogens is 390 g/mol. The largest absolute Gasteiger partial charge is 0.444 e. The van der Waals surface area contributed by atoms with Gasteiger partial charge in [0.15, 0.2) is 0 Å². The standard InChI is InChI=1S/C25H37N3O3/c1-24-10-7-17(28-30-12-9-18-15-27-23(14-26)31-18)13-16(24)3-4-19-20-5-6-22(29)25(20,2)11-8-21(19)24/h13,15,19-22,29H,3-12,14,26H2,1-2H3/t19?,20?,21?,22-,24-,25-/m0/s1. The highest BCUT2D eigenvalue weighted by Crippen LogP contribution is 2.65. The third-order valence-electron chi connectivity index (χ3n) is 9.32. The molecule has 3 saturated carbocycles. The summed E-state index contributed by atoms with van der Waals surface area (Å²) in [6.45, 7) is 5.66. The molecule has 3 N–H and O–H groups in total. The molecule has 5 rings (SSSR count). The Kier molecular flexibility index (Phi) is 5.50. The van der Waals surface area contributed by atoms with Crippen LogP contribution >= 0.6 is 0 Å². The third kappa shape index (κ3) is 3.56. The molecule has 0 spiro atoms. The highest BCUT2D eigenvalue weighted by atomic mass is 16.6. The first-order valence-electron chi connectivity index (χ1n) is 12.2. The van der Waals surface area contributed by atoms with Gasteiger partial charge in [-0.25, -0.2) is 4.98 Å². The number of aromatic nitrogens is 1. The zero-order valence-electron chi connectivity index (χ0n) is 19.0. The molecule has 0 saturated heterocycles. The van der Waals surface area contributed by atoms with Crippen LogP contribution in [0.25, 0.3) is 0 Å². The lowest BCUT2D eigenvalue weighted by Crippen LogP contribution is -2.51. The number of aliphatic hydroxyl groups excluding tert-OH is 1. The topological polar surface area (TPSA) is 93.9 Å². The van der Waals surface area contributed by atoms with Crippen LogP contribution in [0, 0.1) is 28.6 Å². The maximum Gasteiger partial charge on any atom is 0.208 e. The Morgan fingerprint density at radius 3 is 2.87 bits per heavy atom. The molecule has 170 valence electrons. The highest BCUT2D eigenvalue weighted by molar-refractivity contribution is 5.96. The van der Waals surface area contributed by atoms with Gasteiger partial charge in [0, 0.05) is 6.42 Å². The van der Waals surface area contributed by atoms with Crippen molar-refractivity contribution in [1.82, 2.24) is 4.98 Å². The SMILES string of the molecule is C[C@]12CCC(=NOCCc3cnc(CN)o3)C=C1CCC1C2CC[C@@]2(C)C1CC[C@@H]2O. The number of hydrogen-bond donors (Lipinski definition) is 2. The van der Waals surface area contributed by atoms with E-state index in [-0.39, 0.29) is 16.9 Å². The number of rotatable bonds is 5. The molecule has 3 fully saturated rings. The fourth-order valence-electron chi connectivity index (χ4n) is 7.45. The van der Waals surface area contributed by atoms with Crippen LogP contribution in [-0.2, 0) is 17.8 Å². The van der Waals surface area contributed by atoms with E-state index in [1.165, 1.54) is 32.1 Å². The summed E-state index contributed by atoms with van der Waals surface area (Å²) < 4.78 is 5.51. The second-order valence-corrected chi connectivity index (χ2v) is 10.7. The van der Waals surface area contributed by atoms with E-state index in [0.29, 0.717) is 31.4 Å². The monoisotopic (exact) mass is 427 g/mol. The highest BCUT2D eigenvalue weighted by Gasteiger charge is 2.58. The van der Waals surface area contributed by atoms with E-state index in [2.05, 4.69) is 30.1 Å². The summed E-state index contributed by atoms with van der Waals surface area (Å²) in [5.74, 6) is 3.57. The predicted octanol–water partition coefficient (Wildman–Crippen LogP) is 4.37. The first-order valence-corrected chi connectivity index (χ1v) is 12.2. The summed E-state index contributed by atoms with van der Waals surface area (Å²) in [4.78, 5) is 9.73. The predicted molar refractivity (Wildman–Crippen MR) is 119 cm³/mol. The van der Waals surface area contributed by atoms with Crippen LogP contribution in [0.1, 0.15) is 76.9 Å². The van der Waals surface area contributed by atoms with Crippen LogP contribution in [0.4, 0.5) is 0 Å². The molecule has 31 heavy (non-hydrogen) atoms. The number of aliphatic hydroxyl groups is 1. The van der Waals surface area contributed by atoms with Crippen molar-refractivity contribution in [3.63, 3.8) is 0 Å². The maximum atomic E-state index is 10.6. The lowest BCUT2D eigenvalue weighted by atomic mass is 9.47. The summed E-state index contributed by atoms with van der Waals surface area (Å²) in [7, 11) is 0. The minimum Gasteiger partial charge on any atom is -0.444 e. The molecule has 6 atom stereocenters. The molecule has 0 radical (unpaired) electrons. The molecule has 1 aromatic heterocycles. The van der Waals surface area contributed by atoms with E-state index in [9.17, 15) is 5.11 Å². The van der Waals surface area contributed by atoms with Gasteiger partial charge in [-0.1, -0.05) is 24.6 Å². The lowest BCUT2D eigenvalue weighted by molar-refractivity contribution is -0.0722. The molecule has 6 heteroatoms. The van der Waals surface area contributed by atoms with E-state index >= 15 is 0 Å². The van der Waals surface area contributed by atoms with Crippen molar-refractivity contribution in [3.8, 4) is 0 Å². The molecule has 0 aromatic carbocycles. The van der Waals surface area contributed by atoms with Crippen LogP contribution in [0.5, 0.6) is 0 Å². The zero-order valence-corrected chi connectivity index (χ0v) is 19.0. The van der Waals surface area contributed by atoms with E-state index in [4.69, 9.17) is 15.0 Å². The molecule has 0 aliphatic heterocycles. The fraction of sp³-hybridized carbons (Fsp3) is 0.760. The Balaban J connectivity index is 1.24. The van der Waals surface area contributed by atoms with Gasteiger partial charge in [-0.3, -0.25) is 0 Å². The van der Waals surface area contributed by atoms with Crippen LogP contribution in [0.15, 0.2) is 27.4 Å². The van der Waals surface area contributed by atoms with Gasteiger partial charge >= 0.3 is 0 Å². The molecule has 6 nitrogen and oxygen atoms in total. The Bertz CT molecular complexity index is 877. The minimum atomic E-state index is -0.0933. The summed E-state index contributed by atoms with van der Waals surface area (Å²) in [5.41, 5.74) is 8.62. The van der Waals surface area contributed by atoms with Gasteiger partial charge in [0.2, 0.25) is 5.89 Å². The van der Waals surface area contributed by atoms with E-state index in [1.807, 2.05) is 0 Å². The van der Waals surface area contributed by atoms with E-state index in [1.54, 1.807) is 11.8 Å². The van der Waals surface area contributed by atoms with Crippen molar-refractivity contribution in [2.45, 2.75) is 84.3 Å². The zero-order chi connectivity index (χ0) is 21.6. The third-order valence-corrected chi connectivity index (χ3v) is 9.32. The summed E-state index contributed by atoms with van der Waals surface area (Å²) >= 11 is 0. The normalized spacial score (nSPS) is 40.8. The van der Waals surface area contributed by atoms with Gasteiger partial charge < -0.3 is 20.1 Å². The fourth-order valence-corrected chi connectivity index (χ4v) is 7.45. The van der Waals surface area contributed by atoms with Crippen molar-refractivity contribution in [2.75, 3.05) is 6.61 Å². The average molecular weight is 428 g/mol. The Labute approximate surface area is 185 Å². The number of fused-ring (bicyclic) bond motifs is 5.